The van der Waals surface area contributed by atoms with E-state index in [2.05, 4.69) is 20.6 Å². The molecule has 17 heavy (non-hydrogen) atoms. The van der Waals surface area contributed by atoms with Crippen LogP contribution in [-0.2, 0) is 0 Å². The SMILES string of the molecule is Cc1nnc2sc(NC(=O)c3cccs3)nn12. The second-order valence-corrected chi connectivity index (χ2v) is 5.18. The fourth-order valence-electron chi connectivity index (χ4n) is 1.33. The second-order valence-electron chi connectivity index (χ2n) is 3.28. The van der Waals surface area contributed by atoms with E-state index < -0.39 is 0 Å². The molecule has 6 nitrogen and oxygen atoms in total. The molecule has 0 unspecified atom stereocenters. The van der Waals surface area contributed by atoms with Crippen LogP contribution >= 0.6 is 22.7 Å². The Hall–Kier alpha value is -1.80. The summed E-state index contributed by atoms with van der Waals surface area (Å²) in [7, 11) is 0. The predicted molar refractivity (Wildman–Crippen MR) is 65.7 cm³/mol. The van der Waals surface area contributed by atoms with E-state index in [0.717, 1.165) is 0 Å². The van der Waals surface area contributed by atoms with Crippen molar-refractivity contribution in [2.24, 2.45) is 0 Å². The van der Waals surface area contributed by atoms with Crippen molar-refractivity contribution < 1.29 is 4.79 Å². The Labute approximate surface area is 104 Å². The molecule has 0 aliphatic rings. The van der Waals surface area contributed by atoms with E-state index in [1.54, 1.807) is 10.6 Å². The van der Waals surface area contributed by atoms with Crippen LogP contribution in [0.1, 0.15) is 15.5 Å². The average Bonchev–Trinajstić information content (AvgIpc) is 2.97. The van der Waals surface area contributed by atoms with E-state index in [1.807, 2.05) is 18.4 Å². The standard InChI is InChI=1S/C9H7N5OS2/c1-5-11-12-9-14(5)13-8(17-9)10-7(15)6-3-2-4-16-6/h2-4H,1H3,(H,10,13,15). The van der Waals surface area contributed by atoms with Gasteiger partial charge >= 0.3 is 0 Å². The number of nitrogens with zero attached hydrogens (tertiary/aromatic N) is 4. The Balaban J connectivity index is 1.87. The number of anilines is 1. The molecule has 0 atom stereocenters. The Bertz CT molecular complexity index is 669. The van der Waals surface area contributed by atoms with E-state index in [0.29, 0.717) is 20.8 Å². The van der Waals surface area contributed by atoms with Gasteiger partial charge in [0.1, 0.15) is 0 Å². The van der Waals surface area contributed by atoms with Gasteiger partial charge in [-0.05, 0) is 18.4 Å². The van der Waals surface area contributed by atoms with Crippen molar-refractivity contribution in [3.8, 4) is 0 Å². The molecule has 86 valence electrons. The number of carbonyl (C=O) groups excluding carboxylic acids is 1. The zero-order valence-corrected chi connectivity index (χ0v) is 10.4. The van der Waals surface area contributed by atoms with Gasteiger partial charge < -0.3 is 0 Å². The highest BCUT2D eigenvalue weighted by molar-refractivity contribution is 7.20. The third kappa shape index (κ3) is 1.81. The molecule has 3 rings (SSSR count). The largest absolute Gasteiger partial charge is 0.296 e. The molecule has 1 N–H and O–H groups in total. The number of hydrogen-bond donors (Lipinski definition) is 1. The van der Waals surface area contributed by atoms with Crippen molar-refractivity contribution in [1.82, 2.24) is 19.8 Å². The number of rotatable bonds is 2. The smallest absolute Gasteiger partial charge is 0.267 e. The van der Waals surface area contributed by atoms with Crippen LogP contribution in [0.25, 0.3) is 4.96 Å². The van der Waals surface area contributed by atoms with Crippen molar-refractivity contribution in [1.29, 1.82) is 0 Å². The number of thiophene rings is 1. The van der Waals surface area contributed by atoms with Crippen LogP contribution in [0, 0.1) is 6.92 Å². The first kappa shape index (κ1) is 10.4. The van der Waals surface area contributed by atoms with E-state index in [1.165, 1.54) is 22.7 Å². The van der Waals surface area contributed by atoms with Gasteiger partial charge in [0.25, 0.3) is 5.91 Å². The molecule has 0 aliphatic carbocycles. The molecule has 0 spiro atoms. The minimum Gasteiger partial charge on any atom is -0.296 e. The zero-order valence-electron chi connectivity index (χ0n) is 8.75. The highest BCUT2D eigenvalue weighted by Crippen LogP contribution is 2.19. The first-order chi connectivity index (χ1) is 8.24. The number of nitrogens with one attached hydrogen (secondary N) is 1. The Morgan fingerprint density at radius 3 is 3.06 bits per heavy atom. The third-order valence-corrected chi connectivity index (χ3v) is 3.80. The first-order valence-corrected chi connectivity index (χ1v) is 6.47. The second kappa shape index (κ2) is 3.90. The monoisotopic (exact) mass is 265 g/mol. The predicted octanol–water partition coefficient (Wildman–Crippen LogP) is 1.81. The van der Waals surface area contributed by atoms with Gasteiger partial charge in [-0.25, -0.2) is 0 Å². The van der Waals surface area contributed by atoms with Crippen LogP contribution < -0.4 is 5.32 Å². The number of aryl methyl sites for hydroxylation is 1. The average molecular weight is 265 g/mol. The van der Waals surface area contributed by atoms with Gasteiger partial charge in [0.15, 0.2) is 5.82 Å². The summed E-state index contributed by atoms with van der Waals surface area (Å²) >= 11 is 2.69. The molecule has 0 aliphatic heterocycles. The summed E-state index contributed by atoms with van der Waals surface area (Å²) in [5.74, 6) is 0.551. The summed E-state index contributed by atoms with van der Waals surface area (Å²) in [6, 6.07) is 3.60. The van der Waals surface area contributed by atoms with Gasteiger partial charge in [0, 0.05) is 0 Å². The molecule has 3 aromatic heterocycles. The lowest BCUT2D eigenvalue weighted by Crippen LogP contribution is -2.10. The maximum atomic E-state index is 11.8. The van der Waals surface area contributed by atoms with E-state index in [9.17, 15) is 4.79 Å². The normalized spacial score (nSPS) is 10.9. The summed E-state index contributed by atoms with van der Waals surface area (Å²) in [6.07, 6.45) is 0. The van der Waals surface area contributed by atoms with Gasteiger partial charge in [-0.15, -0.1) is 26.6 Å². The van der Waals surface area contributed by atoms with Crippen molar-refractivity contribution in [3.05, 3.63) is 28.2 Å². The van der Waals surface area contributed by atoms with E-state index >= 15 is 0 Å². The minimum atomic E-state index is -0.150. The third-order valence-electron chi connectivity index (χ3n) is 2.11. The fourth-order valence-corrected chi connectivity index (χ4v) is 2.73. The Morgan fingerprint density at radius 1 is 1.47 bits per heavy atom. The maximum Gasteiger partial charge on any atom is 0.267 e. The van der Waals surface area contributed by atoms with Crippen LogP contribution in [-0.4, -0.2) is 25.7 Å². The van der Waals surface area contributed by atoms with Crippen molar-refractivity contribution in [3.63, 3.8) is 0 Å². The number of hydrogen-bond acceptors (Lipinski definition) is 6. The highest BCUT2D eigenvalue weighted by atomic mass is 32.1. The maximum absolute atomic E-state index is 11.8. The molecule has 0 saturated heterocycles. The van der Waals surface area contributed by atoms with E-state index in [-0.39, 0.29) is 5.91 Å². The van der Waals surface area contributed by atoms with Gasteiger partial charge in [-0.3, -0.25) is 10.1 Å². The van der Waals surface area contributed by atoms with Crippen LogP contribution in [0.2, 0.25) is 0 Å². The summed E-state index contributed by atoms with van der Waals surface area (Å²) in [4.78, 5) is 13.1. The summed E-state index contributed by atoms with van der Waals surface area (Å²) in [5, 5.41) is 17.1. The highest BCUT2D eigenvalue weighted by Gasteiger charge is 2.12. The molecular formula is C9H7N5OS2. The summed E-state index contributed by atoms with van der Waals surface area (Å²) < 4.78 is 1.61. The van der Waals surface area contributed by atoms with Crippen LogP contribution in [0.4, 0.5) is 5.13 Å². The lowest BCUT2D eigenvalue weighted by molar-refractivity contribution is 0.103. The summed E-state index contributed by atoms with van der Waals surface area (Å²) in [5.41, 5.74) is 0. The van der Waals surface area contributed by atoms with E-state index in [4.69, 9.17) is 0 Å². The van der Waals surface area contributed by atoms with Crippen LogP contribution in [0.3, 0.4) is 0 Å². The lowest BCUT2D eigenvalue weighted by atomic mass is 10.4. The molecular weight excluding hydrogens is 258 g/mol. The van der Waals surface area contributed by atoms with Crippen molar-refractivity contribution in [2.45, 2.75) is 6.92 Å². The lowest BCUT2D eigenvalue weighted by Gasteiger charge is -1.96. The molecule has 3 aromatic rings. The van der Waals surface area contributed by atoms with Gasteiger partial charge in [-0.2, -0.15) is 4.52 Å². The molecule has 1 amide bonds. The van der Waals surface area contributed by atoms with Gasteiger partial charge in [0.2, 0.25) is 10.1 Å². The summed E-state index contributed by atoms with van der Waals surface area (Å²) in [6.45, 7) is 1.81. The molecule has 0 radical (unpaired) electrons. The molecule has 0 aromatic carbocycles. The number of carbonyl (C=O) groups is 1. The van der Waals surface area contributed by atoms with Crippen LogP contribution in [0.5, 0.6) is 0 Å². The number of amides is 1. The fraction of sp³-hybridized carbons (Fsp3) is 0.111. The Morgan fingerprint density at radius 2 is 2.35 bits per heavy atom. The molecule has 0 saturated carbocycles. The number of fused-ring (bicyclic) bond motifs is 1. The van der Waals surface area contributed by atoms with Crippen molar-refractivity contribution in [2.75, 3.05) is 5.32 Å². The van der Waals surface area contributed by atoms with Gasteiger partial charge in [0.05, 0.1) is 4.88 Å². The van der Waals surface area contributed by atoms with Crippen LogP contribution in [0.15, 0.2) is 17.5 Å². The first-order valence-electron chi connectivity index (χ1n) is 4.78. The zero-order chi connectivity index (χ0) is 11.8. The molecule has 0 bridgehead atoms. The van der Waals surface area contributed by atoms with Crippen molar-refractivity contribution >= 4 is 38.7 Å². The Kier molecular flexibility index (Phi) is 2.37. The number of aromatic nitrogens is 4. The molecule has 3 heterocycles. The molecule has 8 heteroatoms. The molecule has 0 fully saturated rings. The topological polar surface area (TPSA) is 72.2 Å². The van der Waals surface area contributed by atoms with Gasteiger partial charge in [-0.1, -0.05) is 17.4 Å². The minimum absolute atomic E-state index is 0.150. The quantitative estimate of drug-likeness (QED) is 0.767.